The second kappa shape index (κ2) is 5.93. The van der Waals surface area contributed by atoms with Crippen LogP contribution in [0.2, 0.25) is 0 Å². The summed E-state index contributed by atoms with van der Waals surface area (Å²) in [6.07, 6.45) is 1.21. The summed E-state index contributed by atoms with van der Waals surface area (Å²) < 4.78 is 22.8. The maximum atomic E-state index is 8.88. The molecule has 5 nitrogen and oxygen atoms in total. The van der Waals surface area contributed by atoms with E-state index >= 15 is 0 Å². The van der Waals surface area contributed by atoms with E-state index in [2.05, 4.69) is 6.92 Å². The summed E-state index contributed by atoms with van der Waals surface area (Å²) in [7, 11) is 0. The predicted octanol–water partition coefficient (Wildman–Crippen LogP) is 1.73. The maximum absolute atomic E-state index is 8.88. The molecule has 3 heterocycles. The van der Waals surface area contributed by atoms with Crippen LogP contribution in [0.1, 0.15) is 18.9 Å². The minimum atomic E-state index is -0.922. The van der Waals surface area contributed by atoms with Crippen molar-refractivity contribution in [3.63, 3.8) is 0 Å². The van der Waals surface area contributed by atoms with E-state index in [4.69, 9.17) is 24.1 Å². The Hall–Kier alpha value is -1.14. The van der Waals surface area contributed by atoms with Crippen LogP contribution in [0, 0.1) is 5.41 Å². The van der Waals surface area contributed by atoms with Gasteiger partial charge in [-0.2, -0.15) is 0 Å². The van der Waals surface area contributed by atoms with Crippen LogP contribution in [-0.4, -0.2) is 44.1 Å². The summed E-state index contributed by atoms with van der Waals surface area (Å²) in [4.78, 5) is 0. The van der Waals surface area contributed by atoms with Crippen molar-refractivity contribution in [1.82, 2.24) is 0 Å². The molecule has 3 saturated heterocycles. The summed E-state index contributed by atoms with van der Waals surface area (Å²) in [6.45, 7) is 4.73. The lowest BCUT2D eigenvalue weighted by molar-refractivity contribution is -0.468. The van der Waals surface area contributed by atoms with Crippen LogP contribution in [0.4, 0.5) is 0 Å². The van der Waals surface area contributed by atoms with Crippen molar-refractivity contribution >= 4 is 0 Å². The fourth-order valence-corrected chi connectivity index (χ4v) is 2.49. The molecule has 1 aromatic carbocycles. The summed E-state index contributed by atoms with van der Waals surface area (Å²) in [5, 5.41) is 8.88. The van der Waals surface area contributed by atoms with Gasteiger partial charge in [0.05, 0.1) is 32.8 Å². The molecule has 0 spiro atoms. The molecule has 0 saturated carbocycles. The fourth-order valence-electron chi connectivity index (χ4n) is 2.49. The van der Waals surface area contributed by atoms with Crippen molar-refractivity contribution in [3.05, 3.63) is 29.8 Å². The van der Waals surface area contributed by atoms with E-state index in [1.165, 1.54) is 0 Å². The topological polar surface area (TPSA) is 57.2 Å². The van der Waals surface area contributed by atoms with Gasteiger partial charge in [-0.25, -0.2) is 0 Å². The van der Waals surface area contributed by atoms with Crippen LogP contribution in [0.15, 0.2) is 24.3 Å². The quantitative estimate of drug-likeness (QED) is 0.866. The largest absolute Gasteiger partial charge is 0.493 e. The summed E-state index contributed by atoms with van der Waals surface area (Å²) in [5.74, 6) is -0.126. The molecule has 0 aliphatic carbocycles. The molecule has 5 heteroatoms. The normalized spacial score (nSPS) is 31.3. The summed E-state index contributed by atoms with van der Waals surface area (Å²) >= 11 is 0. The minimum Gasteiger partial charge on any atom is -0.493 e. The number of ether oxygens (including phenoxy) is 4. The molecule has 0 amide bonds. The first-order valence-electron chi connectivity index (χ1n) is 7.38. The van der Waals surface area contributed by atoms with Crippen molar-refractivity contribution in [1.29, 1.82) is 0 Å². The maximum Gasteiger partial charge on any atom is 0.286 e. The van der Waals surface area contributed by atoms with E-state index in [0.717, 1.165) is 11.3 Å². The zero-order valence-corrected chi connectivity index (χ0v) is 12.3. The van der Waals surface area contributed by atoms with Crippen molar-refractivity contribution in [2.45, 2.75) is 25.7 Å². The Balaban J connectivity index is 1.48. The van der Waals surface area contributed by atoms with Gasteiger partial charge in [0.25, 0.3) is 5.97 Å². The monoisotopic (exact) mass is 294 g/mol. The number of benzene rings is 1. The molecule has 116 valence electrons. The SMILES string of the molecule is CC12COC(CCOc3ccc(CCO)cc3)(OC1)OC2. The van der Waals surface area contributed by atoms with E-state index in [-0.39, 0.29) is 12.0 Å². The Morgan fingerprint density at radius 1 is 1.10 bits per heavy atom. The van der Waals surface area contributed by atoms with Gasteiger partial charge in [-0.15, -0.1) is 0 Å². The molecule has 0 atom stereocenters. The predicted molar refractivity (Wildman–Crippen MR) is 76.0 cm³/mol. The second-order valence-corrected chi connectivity index (χ2v) is 6.08. The van der Waals surface area contributed by atoms with Crippen LogP contribution < -0.4 is 4.74 Å². The molecule has 1 aromatic rings. The van der Waals surface area contributed by atoms with Gasteiger partial charge in [0, 0.05) is 12.0 Å². The van der Waals surface area contributed by atoms with E-state index in [0.29, 0.717) is 39.3 Å². The lowest BCUT2D eigenvalue weighted by Crippen LogP contribution is -2.59. The Labute approximate surface area is 124 Å². The van der Waals surface area contributed by atoms with Crippen molar-refractivity contribution < 1.29 is 24.1 Å². The Bertz CT molecular complexity index is 446. The Morgan fingerprint density at radius 3 is 2.29 bits per heavy atom. The number of aliphatic hydroxyl groups excluding tert-OH is 1. The zero-order chi connectivity index (χ0) is 14.8. The Morgan fingerprint density at radius 2 is 1.71 bits per heavy atom. The summed E-state index contributed by atoms with van der Waals surface area (Å²) in [5.41, 5.74) is 1.09. The fraction of sp³-hybridized carbons (Fsp3) is 0.625. The highest BCUT2D eigenvalue weighted by atomic mass is 16.9. The highest BCUT2D eigenvalue weighted by Gasteiger charge is 2.50. The first-order chi connectivity index (χ1) is 10.1. The summed E-state index contributed by atoms with van der Waals surface area (Å²) in [6, 6.07) is 7.73. The van der Waals surface area contributed by atoms with Gasteiger partial charge in [0.2, 0.25) is 0 Å². The first kappa shape index (κ1) is 14.8. The van der Waals surface area contributed by atoms with E-state index in [9.17, 15) is 0 Å². The molecule has 0 aromatic heterocycles. The molecule has 1 N–H and O–H groups in total. The van der Waals surface area contributed by atoms with Crippen LogP contribution >= 0.6 is 0 Å². The van der Waals surface area contributed by atoms with Gasteiger partial charge >= 0.3 is 0 Å². The van der Waals surface area contributed by atoms with Gasteiger partial charge in [0.15, 0.2) is 0 Å². The van der Waals surface area contributed by atoms with Crippen LogP contribution in [-0.2, 0) is 20.6 Å². The van der Waals surface area contributed by atoms with Crippen molar-refractivity contribution in [2.24, 2.45) is 5.41 Å². The third-order valence-electron chi connectivity index (χ3n) is 3.92. The molecule has 4 rings (SSSR count). The minimum absolute atomic E-state index is 0.00879. The molecule has 0 radical (unpaired) electrons. The zero-order valence-electron chi connectivity index (χ0n) is 12.3. The highest BCUT2D eigenvalue weighted by molar-refractivity contribution is 5.27. The van der Waals surface area contributed by atoms with Gasteiger partial charge in [-0.1, -0.05) is 19.1 Å². The van der Waals surface area contributed by atoms with Gasteiger partial charge in [0.1, 0.15) is 5.75 Å². The molecule has 3 aliphatic rings. The lowest BCUT2D eigenvalue weighted by atomic mass is 9.91. The molecular weight excluding hydrogens is 272 g/mol. The Kier molecular flexibility index (Phi) is 4.17. The lowest BCUT2D eigenvalue weighted by Gasteiger charge is -2.50. The highest BCUT2D eigenvalue weighted by Crippen LogP contribution is 2.39. The molecule has 2 bridgehead atoms. The standard InChI is InChI=1S/C16H22O5/c1-15-10-19-16(20-11-15,21-12-15)7-9-18-14-4-2-13(3-5-14)6-8-17/h2-5,17H,6-12H2,1H3. The number of hydrogen-bond acceptors (Lipinski definition) is 5. The number of aliphatic hydroxyl groups is 1. The van der Waals surface area contributed by atoms with Gasteiger partial charge in [-0.3, -0.25) is 0 Å². The van der Waals surface area contributed by atoms with Gasteiger partial charge < -0.3 is 24.1 Å². The van der Waals surface area contributed by atoms with E-state index < -0.39 is 5.97 Å². The molecule has 21 heavy (non-hydrogen) atoms. The van der Waals surface area contributed by atoms with E-state index in [1.807, 2.05) is 24.3 Å². The van der Waals surface area contributed by atoms with Crippen LogP contribution in [0.5, 0.6) is 5.75 Å². The van der Waals surface area contributed by atoms with Crippen molar-refractivity contribution in [3.8, 4) is 5.75 Å². The second-order valence-electron chi connectivity index (χ2n) is 6.08. The van der Waals surface area contributed by atoms with Crippen LogP contribution in [0.25, 0.3) is 0 Å². The molecular formula is C16H22O5. The van der Waals surface area contributed by atoms with E-state index in [1.54, 1.807) is 0 Å². The molecule has 3 aliphatic heterocycles. The number of hydrogen-bond donors (Lipinski definition) is 1. The van der Waals surface area contributed by atoms with Crippen LogP contribution in [0.3, 0.4) is 0 Å². The first-order valence-corrected chi connectivity index (χ1v) is 7.38. The number of fused-ring (bicyclic) bond motifs is 3. The number of rotatable bonds is 6. The van der Waals surface area contributed by atoms with Gasteiger partial charge in [-0.05, 0) is 24.1 Å². The molecule has 3 fully saturated rings. The third kappa shape index (κ3) is 3.37. The van der Waals surface area contributed by atoms with Crippen molar-refractivity contribution in [2.75, 3.05) is 33.0 Å². The average Bonchev–Trinajstić information content (AvgIpc) is 2.51. The third-order valence-corrected chi connectivity index (χ3v) is 3.92. The average molecular weight is 294 g/mol. The molecule has 0 unspecified atom stereocenters. The smallest absolute Gasteiger partial charge is 0.286 e.